The number of fused-ring (bicyclic) bond motifs is 3. The molecule has 0 aliphatic carbocycles. The second-order valence-electron chi connectivity index (χ2n) is 10.0. The molecule has 1 aliphatic heterocycles. The number of benzene rings is 6. The van der Waals surface area contributed by atoms with Gasteiger partial charge in [0.15, 0.2) is 0 Å². The third kappa shape index (κ3) is 2.39. The Hall–Kier alpha value is -4.09. The van der Waals surface area contributed by atoms with E-state index in [9.17, 15) is 5.26 Å². The lowest BCUT2D eigenvalue weighted by Gasteiger charge is -2.40. The molecule has 6 aromatic rings. The Bertz CT molecular complexity index is 1790. The minimum atomic E-state index is -0.112. The Morgan fingerprint density at radius 3 is 2.18 bits per heavy atom. The predicted molar refractivity (Wildman–Crippen MR) is 145 cm³/mol. The van der Waals surface area contributed by atoms with Crippen molar-refractivity contribution in [2.75, 3.05) is 0 Å². The highest BCUT2D eigenvalue weighted by molar-refractivity contribution is 6.98. The molecule has 0 saturated heterocycles. The fourth-order valence-corrected chi connectivity index (χ4v) is 6.43. The van der Waals surface area contributed by atoms with Gasteiger partial charge in [-0.3, -0.25) is 0 Å². The normalized spacial score (nSPS) is 14.3. The fourth-order valence-electron chi connectivity index (χ4n) is 6.43. The van der Waals surface area contributed by atoms with E-state index in [1.807, 2.05) is 6.07 Å². The minimum absolute atomic E-state index is 0.112. The van der Waals surface area contributed by atoms with Crippen LogP contribution in [0.2, 0.25) is 0 Å². The molecule has 0 aromatic heterocycles. The first-order valence-corrected chi connectivity index (χ1v) is 11.9. The van der Waals surface area contributed by atoms with Crippen molar-refractivity contribution < 1.29 is 0 Å². The summed E-state index contributed by atoms with van der Waals surface area (Å²) >= 11 is 0. The predicted octanol–water partition coefficient (Wildman–Crippen LogP) is 5.61. The summed E-state index contributed by atoms with van der Waals surface area (Å²) in [6.07, 6.45) is 0. The molecule has 0 amide bonds. The topological polar surface area (TPSA) is 23.8 Å². The van der Waals surface area contributed by atoms with Crippen molar-refractivity contribution in [2.45, 2.75) is 19.3 Å². The fraction of sp³-hybridized carbons (Fsp3) is 0.0938. The average Bonchev–Trinajstić information content (AvgIpc) is 2.88. The summed E-state index contributed by atoms with van der Waals surface area (Å²) in [5, 5.41) is 17.1. The van der Waals surface area contributed by atoms with Gasteiger partial charge >= 0.3 is 0 Å². The van der Waals surface area contributed by atoms with Gasteiger partial charge in [-0.15, -0.1) is 0 Å². The SMILES string of the molecule is CC1(C)c2ccccc2B(c2ccccc2)c2c1cc1ccc3c(C#N)ccc4ccc2c1c43. The van der Waals surface area contributed by atoms with Crippen molar-refractivity contribution in [3.05, 3.63) is 114 Å². The second kappa shape index (κ2) is 6.72. The largest absolute Gasteiger partial charge is 0.242 e. The molecule has 0 atom stereocenters. The Morgan fingerprint density at radius 2 is 1.35 bits per heavy atom. The molecular weight excluding hydrogens is 409 g/mol. The highest BCUT2D eigenvalue weighted by atomic mass is 14.3. The maximum atomic E-state index is 9.78. The Kier molecular flexibility index (Phi) is 3.83. The van der Waals surface area contributed by atoms with Gasteiger partial charge in [-0.05, 0) is 44.1 Å². The van der Waals surface area contributed by atoms with Crippen molar-refractivity contribution >= 4 is 55.4 Å². The van der Waals surface area contributed by atoms with Crippen LogP contribution in [-0.2, 0) is 5.41 Å². The monoisotopic (exact) mass is 431 g/mol. The van der Waals surface area contributed by atoms with Gasteiger partial charge in [-0.1, -0.05) is 121 Å². The van der Waals surface area contributed by atoms with Gasteiger partial charge < -0.3 is 0 Å². The van der Waals surface area contributed by atoms with Gasteiger partial charge in [0.25, 0.3) is 0 Å². The summed E-state index contributed by atoms with van der Waals surface area (Å²) in [5.74, 6) is 0. The lowest BCUT2D eigenvalue weighted by molar-refractivity contribution is 0.647. The van der Waals surface area contributed by atoms with Crippen LogP contribution in [-0.4, -0.2) is 6.71 Å². The molecule has 0 radical (unpaired) electrons. The third-order valence-electron chi connectivity index (χ3n) is 7.99. The van der Waals surface area contributed by atoms with Crippen LogP contribution in [0.15, 0.2) is 97.1 Å². The maximum absolute atomic E-state index is 9.78. The molecule has 0 unspecified atom stereocenters. The number of hydrogen-bond acceptors (Lipinski definition) is 1. The van der Waals surface area contributed by atoms with Gasteiger partial charge in [0.05, 0.1) is 11.6 Å². The molecule has 0 bridgehead atoms. The molecule has 0 saturated carbocycles. The molecule has 1 aliphatic rings. The second-order valence-corrected chi connectivity index (χ2v) is 10.0. The summed E-state index contributed by atoms with van der Waals surface area (Å²) in [4.78, 5) is 0. The van der Waals surface area contributed by atoms with E-state index in [-0.39, 0.29) is 12.1 Å². The zero-order valence-electron chi connectivity index (χ0n) is 19.3. The third-order valence-corrected chi connectivity index (χ3v) is 7.99. The van der Waals surface area contributed by atoms with Gasteiger partial charge in [-0.2, -0.15) is 5.26 Å². The Morgan fingerprint density at radius 1 is 0.676 bits per heavy atom. The van der Waals surface area contributed by atoms with Crippen LogP contribution in [0, 0.1) is 11.3 Å². The van der Waals surface area contributed by atoms with Gasteiger partial charge in [0, 0.05) is 10.8 Å². The van der Waals surface area contributed by atoms with E-state index >= 15 is 0 Å². The number of hydrogen-bond donors (Lipinski definition) is 0. The van der Waals surface area contributed by atoms with Crippen LogP contribution in [0.4, 0.5) is 0 Å². The van der Waals surface area contributed by atoms with Crippen molar-refractivity contribution in [1.82, 2.24) is 0 Å². The molecule has 6 aromatic carbocycles. The van der Waals surface area contributed by atoms with Crippen LogP contribution in [0.3, 0.4) is 0 Å². The maximum Gasteiger partial charge on any atom is 0.242 e. The first-order chi connectivity index (χ1) is 16.6. The standard InChI is InChI=1S/C32H22BN/c1-32(2)26-10-6-7-11-28(26)33(23-8-4-3-5-9-23)31-25-17-14-20-12-13-22(19-34)24-16-15-21(18-27(31)32)30(25)29(20)24/h3-18H,1-2H3. The molecule has 1 heterocycles. The molecule has 158 valence electrons. The quantitative estimate of drug-likeness (QED) is 0.245. The highest BCUT2D eigenvalue weighted by Crippen LogP contribution is 2.41. The van der Waals surface area contributed by atoms with Gasteiger partial charge in [-0.25, -0.2) is 0 Å². The number of rotatable bonds is 1. The average molecular weight is 431 g/mol. The highest BCUT2D eigenvalue weighted by Gasteiger charge is 2.41. The summed E-state index contributed by atoms with van der Waals surface area (Å²) in [5.41, 5.74) is 7.53. The van der Waals surface area contributed by atoms with Gasteiger partial charge in [0.1, 0.15) is 0 Å². The molecule has 0 N–H and O–H groups in total. The molecule has 7 rings (SSSR count). The first kappa shape index (κ1) is 19.4. The number of nitriles is 1. The van der Waals surface area contributed by atoms with E-state index in [4.69, 9.17) is 0 Å². The summed E-state index contributed by atoms with van der Waals surface area (Å²) in [7, 11) is 0. The van der Waals surface area contributed by atoms with E-state index in [0.717, 1.165) is 10.9 Å². The van der Waals surface area contributed by atoms with Crippen LogP contribution >= 0.6 is 0 Å². The minimum Gasteiger partial charge on any atom is -0.192 e. The van der Waals surface area contributed by atoms with Crippen LogP contribution < -0.4 is 16.4 Å². The van der Waals surface area contributed by atoms with Crippen LogP contribution in [0.5, 0.6) is 0 Å². The van der Waals surface area contributed by atoms with Crippen LogP contribution in [0.1, 0.15) is 30.5 Å². The van der Waals surface area contributed by atoms with E-state index in [0.29, 0.717) is 0 Å². The summed E-state index contributed by atoms with van der Waals surface area (Å²) in [6, 6.07) is 37.6. The number of nitrogens with zero attached hydrogens (tertiary/aromatic N) is 1. The molecule has 0 fully saturated rings. The molecular formula is C32H22BN. The van der Waals surface area contributed by atoms with Crippen molar-refractivity contribution in [3.8, 4) is 6.07 Å². The van der Waals surface area contributed by atoms with E-state index in [2.05, 4.69) is 111 Å². The van der Waals surface area contributed by atoms with E-state index in [1.54, 1.807) is 0 Å². The van der Waals surface area contributed by atoms with Gasteiger partial charge in [0.2, 0.25) is 6.71 Å². The smallest absolute Gasteiger partial charge is 0.192 e. The van der Waals surface area contributed by atoms with E-state index in [1.165, 1.54) is 54.4 Å². The van der Waals surface area contributed by atoms with Crippen LogP contribution in [0.25, 0.3) is 32.3 Å². The Labute approximate surface area is 199 Å². The zero-order valence-corrected chi connectivity index (χ0v) is 19.3. The summed E-state index contributed by atoms with van der Waals surface area (Å²) < 4.78 is 0. The first-order valence-electron chi connectivity index (χ1n) is 11.9. The van der Waals surface area contributed by atoms with Crippen molar-refractivity contribution in [1.29, 1.82) is 5.26 Å². The van der Waals surface area contributed by atoms with Crippen molar-refractivity contribution in [3.63, 3.8) is 0 Å². The molecule has 0 spiro atoms. The lowest BCUT2D eigenvalue weighted by atomic mass is 9.31. The molecule has 1 nitrogen and oxygen atoms in total. The summed E-state index contributed by atoms with van der Waals surface area (Å²) in [6.45, 7) is 4.88. The Balaban J connectivity index is 1.71. The lowest BCUT2D eigenvalue weighted by Crippen LogP contribution is -2.60. The zero-order chi connectivity index (χ0) is 23.0. The molecule has 34 heavy (non-hydrogen) atoms. The van der Waals surface area contributed by atoms with Crippen molar-refractivity contribution in [2.24, 2.45) is 0 Å². The van der Waals surface area contributed by atoms with E-state index < -0.39 is 0 Å². The molecule has 2 heteroatoms.